The summed E-state index contributed by atoms with van der Waals surface area (Å²) in [5, 5.41) is 3.01. The van der Waals surface area contributed by atoms with E-state index in [1.165, 1.54) is 6.42 Å². The van der Waals surface area contributed by atoms with Gasteiger partial charge in [0.15, 0.2) is 5.82 Å². The molecule has 33 heavy (non-hydrogen) atoms. The second kappa shape index (κ2) is 8.90. The van der Waals surface area contributed by atoms with Crippen LogP contribution in [0.1, 0.15) is 41.0 Å². The third-order valence-electron chi connectivity index (χ3n) is 6.61. The van der Waals surface area contributed by atoms with Gasteiger partial charge in [-0.25, -0.2) is 14.4 Å². The minimum Gasteiger partial charge on any atom is -0.368 e. The number of hydrogen-bond acceptors (Lipinski definition) is 6. The molecule has 1 aliphatic carbocycles. The van der Waals surface area contributed by atoms with Crippen LogP contribution in [0.5, 0.6) is 0 Å². The lowest BCUT2D eigenvalue weighted by atomic mass is 9.93. The number of piperazine rings is 1. The number of hydrogen-bond donors (Lipinski definition) is 2. The number of amides is 1. The molecule has 0 unspecified atom stereocenters. The molecule has 1 aromatic carbocycles. The summed E-state index contributed by atoms with van der Waals surface area (Å²) < 4.78 is 15.0. The predicted molar refractivity (Wildman–Crippen MR) is 124 cm³/mol. The first-order valence-corrected chi connectivity index (χ1v) is 11.4. The lowest BCUT2D eigenvalue weighted by molar-refractivity contribution is 0.0912. The largest absolute Gasteiger partial charge is 0.368 e. The zero-order valence-electron chi connectivity index (χ0n) is 18.6. The minimum absolute atomic E-state index is 0.111. The number of aromatic amines is 1. The fraction of sp³-hybridized carbons (Fsp3) is 0.417. The number of aryl methyl sites for hydroxylation is 1. The minimum atomic E-state index is -0.417. The number of nitrogens with one attached hydrogen (secondary N) is 2. The van der Waals surface area contributed by atoms with Gasteiger partial charge in [0.2, 0.25) is 0 Å². The van der Waals surface area contributed by atoms with Gasteiger partial charge >= 0.3 is 0 Å². The first-order valence-electron chi connectivity index (χ1n) is 11.4. The molecule has 5 rings (SSSR count). The molecule has 0 radical (unpaired) electrons. The van der Waals surface area contributed by atoms with Crippen LogP contribution in [-0.2, 0) is 6.54 Å². The average Bonchev–Trinajstić information content (AvgIpc) is 2.80. The Morgan fingerprint density at radius 2 is 1.97 bits per heavy atom. The molecule has 8 nitrogen and oxygen atoms in total. The Morgan fingerprint density at radius 1 is 1.18 bits per heavy atom. The van der Waals surface area contributed by atoms with E-state index in [9.17, 15) is 14.0 Å². The number of carbonyl (C=O) groups excluding carboxylic acids is 1. The maximum atomic E-state index is 15.0. The number of anilines is 1. The number of halogens is 1. The molecule has 0 spiro atoms. The molecule has 9 heteroatoms. The molecule has 1 saturated heterocycles. The van der Waals surface area contributed by atoms with Gasteiger partial charge in [-0.3, -0.25) is 14.5 Å². The van der Waals surface area contributed by atoms with Gasteiger partial charge in [0.05, 0.1) is 17.4 Å². The monoisotopic (exact) mass is 450 g/mol. The topological polar surface area (TPSA) is 94.2 Å². The summed E-state index contributed by atoms with van der Waals surface area (Å²) in [5.41, 5.74) is 2.54. The molecule has 1 saturated carbocycles. The Bertz CT molecular complexity index is 1230. The van der Waals surface area contributed by atoms with E-state index >= 15 is 0 Å². The van der Waals surface area contributed by atoms with Crippen molar-refractivity contribution in [2.24, 2.45) is 0 Å². The zero-order chi connectivity index (χ0) is 22.9. The molecular weight excluding hydrogens is 423 g/mol. The zero-order valence-corrected chi connectivity index (χ0v) is 18.6. The smallest absolute Gasteiger partial charge is 0.270 e. The van der Waals surface area contributed by atoms with Crippen molar-refractivity contribution in [1.29, 1.82) is 0 Å². The highest BCUT2D eigenvalue weighted by atomic mass is 19.1. The molecule has 3 heterocycles. The molecular formula is C24H27FN6O2. The van der Waals surface area contributed by atoms with Gasteiger partial charge in [-0.1, -0.05) is 6.07 Å². The number of benzene rings is 1. The Hall–Kier alpha value is -3.33. The van der Waals surface area contributed by atoms with Gasteiger partial charge in [0, 0.05) is 44.3 Å². The van der Waals surface area contributed by atoms with Gasteiger partial charge in [0.1, 0.15) is 16.9 Å². The number of nitrogens with zero attached hydrogens (tertiary/aromatic N) is 4. The van der Waals surface area contributed by atoms with Crippen LogP contribution in [0.3, 0.4) is 0 Å². The summed E-state index contributed by atoms with van der Waals surface area (Å²) >= 11 is 0. The number of aromatic nitrogens is 3. The van der Waals surface area contributed by atoms with Crippen molar-refractivity contribution >= 4 is 22.6 Å². The molecule has 1 amide bonds. The molecule has 0 atom stereocenters. The number of carbonyl (C=O) groups is 1. The highest BCUT2D eigenvalue weighted by Gasteiger charge is 2.22. The van der Waals surface area contributed by atoms with E-state index in [1.54, 1.807) is 31.3 Å². The van der Waals surface area contributed by atoms with Crippen LogP contribution in [0.25, 0.3) is 11.0 Å². The van der Waals surface area contributed by atoms with Crippen LogP contribution in [-0.4, -0.2) is 58.0 Å². The number of fused-ring (bicyclic) bond motifs is 1. The van der Waals surface area contributed by atoms with Crippen molar-refractivity contribution in [3.63, 3.8) is 0 Å². The Labute approximate surface area is 190 Å². The van der Waals surface area contributed by atoms with Gasteiger partial charge in [0.25, 0.3) is 11.5 Å². The summed E-state index contributed by atoms with van der Waals surface area (Å²) in [7, 11) is 0. The second-order valence-electron chi connectivity index (χ2n) is 8.85. The average molecular weight is 451 g/mol. The van der Waals surface area contributed by atoms with E-state index in [4.69, 9.17) is 0 Å². The van der Waals surface area contributed by atoms with Crippen LogP contribution in [0.15, 0.2) is 35.3 Å². The van der Waals surface area contributed by atoms with Crippen LogP contribution in [0.2, 0.25) is 0 Å². The highest BCUT2D eigenvalue weighted by molar-refractivity contribution is 5.92. The highest BCUT2D eigenvalue weighted by Crippen LogP contribution is 2.22. The predicted octanol–water partition coefficient (Wildman–Crippen LogP) is 2.37. The molecule has 172 valence electrons. The first kappa shape index (κ1) is 21.5. The van der Waals surface area contributed by atoms with E-state index in [2.05, 4.69) is 30.1 Å². The van der Waals surface area contributed by atoms with Crippen LogP contribution in [0.4, 0.5) is 10.1 Å². The molecule has 2 fully saturated rings. The van der Waals surface area contributed by atoms with Crippen LogP contribution >= 0.6 is 0 Å². The summed E-state index contributed by atoms with van der Waals surface area (Å²) in [6, 6.07) is 7.50. The molecule has 2 aromatic heterocycles. The number of pyridine rings is 1. The van der Waals surface area contributed by atoms with Gasteiger partial charge in [-0.15, -0.1) is 0 Å². The standard InChI is InChI=1S/C24H27FN6O2/c1-15-23(32)29-22-19(27-15)7-5-16(21(22)25)14-30-9-11-31(12-10-30)18-6-8-20(26-13-18)24(33)28-17-3-2-4-17/h5-8,13,17H,2-4,9-12,14H2,1H3,(H,28,33)(H,29,32). The maximum absolute atomic E-state index is 15.0. The van der Waals surface area contributed by atoms with E-state index < -0.39 is 5.82 Å². The van der Waals surface area contributed by atoms with Crippen molar-refractivity contribution in [1.82, 2.24) is 25.2 Å². The summed E-state index contributed by atoms with van der Waals surface area (Å²) in [6.45, 7) is 5.17. The molecule has 1 aliphatic heterocycles. The summed E-state index contributed by atoms with van der Waals surface area (Å²) in [4.78, 5) is 39.6. The van der Waals surface area contributed by atoms with Crippen molar-refractivity contribution in [2.75, 3.05) is 31.1 Å². The number of rotatable bonds is 5. The van der Waals surface area contributed by atoms with Crippen molar-refractivity contribution < 1.29 is 9.18 Å². The molecule has 3 aromatic rings. The van der Waals surface area contributed by atoms with Gasteiger partial charge < -0.3 is 15.2 Å². The normalized spacial score (nSPS) is 17.2. The SMILES string of the molecule is Cc1nc2ccc(CN3CCN(c4ccc(C(=O)NC5CCC5)nc4)CC3)c(F)c2[nH]c1=O. The van der Waals surface area contributed by atoms with Gasteiger partial charge in [-0.2, -0.15) is 0 Å². The third kappa shape index (κ3) is 4.45. The molecule has 2 N–H and O–H groups in total. The van der Waals surface area contributed by atoms with E-state index in [1.807, 2.05) is 6.07 Å². The maximum Gasteiger partial charge on any atom is 0.270 e. The summed E-state index contributed by atoms with van der Waals surface area (Å²) in [5.74, 6) is -0.528. The van der Waals surface area contributed by atoms with E-state index in [-0.39, 0.29) is 17.0 Å². The van der Waals surface area contributed by atoms with Crippen molar-refractivity contribution in [3.05, 3.63) is 63.6 Å². The van der Waals surface area contributed by atoms with Crippen molar-refractivity contribution in [3.8, 4) is 0 Å². The van der Waals surface area contributed by atoms with E-state index in [0.29, 0.717) is 35.1 Å². The quantitative estimate of drug-likeness (QED) is 0.620. The Balaban J connectivity index is 1.20. The fourth-order valence-electron chi connectivity index (χ4n) is 4.30. The number of H-pyrrole nitrogens is 1. The fourth-order valence-corrected chi connectivity index (χ4v) is 4.30. The van der Waals surface area contributed by atoms with Crippen molar-refractivity contribution in [2.45, 2.75) is 38.8 Å². The van der Waals surface area contributed by atoms with Crippen LogP contribution in [0, 0.1) is 12.7 Å². The second-order valence-corrected chi connectivity index (χ2v) is 8.85. The van der Waals surface area contributed by atoms with Gasteiger partial charge in [-0.05, 0) is 44.4 Å². The first-order chi connectivity index (χ1) is 16.0. The Morgan fingerprint density at radius 3 is 2.64 bits per heavy atom. The molecule has 0 bridgehead atoms. The molecule has 2 aliphatic rings. The third-order valence-corrected chi connectivity index (χ3v) is 6.61. The summed E-state index contributed by atoms with van der Waals surface area (Å²) in [6.07, 6.45) is 5.02. The Kier molecular flexibility index (Phi) is 5.80. The lowest BCUT2D eigenvalue weighted by Gasteiger charge is -2.36. The van der Waals surface area contributed by atoms with Crippen LogP contribution < -0.4 is 15.8 Å². The lowest BCUT2D eigenvalue weighted by Crippen LogP contribution is -2.46. The van der Waals surface area contributed by atoms with E-state index in [0.717, 1.165) is 44.7 Å².